The minimum atomic E-state index is -3.46. The zero-order chi connectivity index (χ0) is 14.9. The molecule has 2 N–H and O–H groups in total. The van der Waals surface area contributed by atoms with Crippen molar-refractivity contribution in [3.63, 3.8) is 0 Å². The van der Waals surface area contributed by atoms with Crippen molar-refractivity contribution in [1.82, 2.24) is 14.1 Å². The summed E-state index contributed by atoms with van der Waals surface area (Å²) in [5, 5.41) is 4.32. The number of piperidine rings is 1. The summed E-state index contributed by atoms with van der Waals surface area (Å²) in [6.07, 6.45) is 2.95. The van der Waals surface area contributed by atoms with Gasteiger partial charge >= 0.3 is 0 Å². The van der Waals surface area contributed by atoms with Gasteiger partial charge in [-0.1, -0.05) is 6.42 Å². The molecule has 1 aromatic rings. The zero-order valence-corrected chi connectivity index (χ0v) is 13.3. The first-order valence-corrected chi connectivity index (χ1v) is 8.59. The summed E-state index contributed by atoms with van der Waals surface area (Å²) < 4.78 is 29.1. The first-order valence-electron chi connectivity index (χ1n) is 7.15. The lowest BCUT2D eigenvalue weighted by Crippen LogP contribution is -2.42. The molecule has 0 aliphatic carbocycles. The third kappa shape index (κ3) is 2.62. The van der Waals surface area contributed by atoms with Crippen molar-refractivity contribution in [2.24, 2.45) is 5.73 Å². The molecule has 1 aliphatic heterocycles. The van der Waals surface area contributed by atoms with Gasteiger partial charge in [0, 0.05) is 19.1 Å². The van der Waals surface area contributed by atoms with Gasteiger partial charge in [-0.05, 0) is 33.6 Å². The molecule has 1 fully saturated rings. The largest absolute Gasteiger partial charge is 0.329 e. The lowest BCUT2D eigenvalue weighted by atomic mass is 10.1. The Balaban J connectivity index is 2.43. The average molecular weight is 300 g/mol. The number of nitrogens with zero attached hydrogens (tertiary/aromatic N) is 3. The standard InChI is InChI=1S/C13H24N4O2S/c1-10-6-4-5-8-17(10)20(18,19)13-11(2)15-16(9-7-14)12(13)3/h10H,4-9,14H2,1-3H3. The van der Waals surface area contributed by atoms with Gasteiger partial charge in [0.2, 0.25) is 10.0 Å². The summed E-state index contributed by atoms with van der Waals surface area (Å²) in [4.78, 5) is 0.361. The molecule has 0 bridgehead atoms. The number of aryl methyl sites for hydroxylation is 1. The van der Waals surface area contributed by atoms with Crippen molar-refractivity contribution >= 4 is 10.0 Å². The quantitative estimate of drug-likeness (QED) is 0.900. The van der Waals surface area contributed by atoms with Gasteiger partial charge in [0.05, 0.1) is 17.9 Å². The van der Waals surface area contributed by atoms with Crippen molar-refractivity contribution in [1.29, 1.82) is 0 Å². The fraction of sp³-hybridized carbons (Fsp3) is 0.769. The van der Waals surface area contributed by atoms with Crippen LogP contribution in [-0.4, -0.2) is 41.6 Å². The number of aromatic nitrogens is 2. The number of nitrogens with two attached hydrogens (primary N) is 1. The molecule has 0 spiro atoms. The molecule has 114 valence electrons. The Morgan fingerprint density at radius 2 is 2.05 bits per heavy atom. The van der Waals surface area contributed by atoms with E-state index in [1.54, 1.807) is 22.8 Å². The van der Waals surface area contributed by atoms with Crippen LogP contribution in [0.1, 0.15) is 37.6 Å². The Morgan fingerprint density at radius 1 is 1.35 bits per heavy atom. The number of hydrogen-bond acceptors (Lipinski definition) is 4. The van der Waals surface area contributed by atoms with Crippen molar-refractivity contribution in [2.75, 3.05) is 13.1 Å². The highest BCUT2D eigenvalue weighted by molar-refractivity contribution is 7.89. The summed E-state index contributed by atoms with van der Waals surface area (Å²) >= 11 is 0. The first-order chi connectivity index (χ1) is 9.39. The van der Waals surface area contributed by atoms with Crippen LogP contribution in [-0.2, 0) is 16.6 Å². The third-order valence-electron chi connectivity index (χ3n) is 3.96. The van der Waals surface area contributed by atoms with E-state index in [0.717, 1.165) is 19.3 Å². The van der Waals surface area contributed by atoms with E-state index < -0.39 is 10.0 Å². The van der Waals surface area contributed by atoms with E-state index >= 15 is 0 Å². The zero-order valence-electron chi connectivity index (χ0n) is 12.5. The van der Waals surface area contributed by atoms with Crippen LogP contribution < -0.4 is 5.73 Å². The molecule has 2 rings (SSSR count). The van der Waals surface area contributed by atoms with Gasteiger partial charge in [0.15, 0.2) is 0 Å². The van der Waals surface area contributed by atoms with E-state index in [0.29, 0.717) is 35.9 Å². The third-order valence-corrected chi connectivity index (χ3v) is 6.23. The second-order valence-electron chi connectivity index (χ2n) is 5.47. The molecule has 1 atom stereocenters. The van der Waals surface area contributed by atoms with Crippen LogP contribution in [0.15, 0.2) is 4.90 Å². The van der Waals surface area contributed by atoms with E-state index in [2.05, 4.69) is 5.10 Å². The number of hydrogen-bond donors (Lipinski definition) is 1. The van der Waals surface area contributed by atoms with Crippen LogP contribution in [0.4, 0.5) is 0 Å². The molecule has 6 nitrogen and oxygen atoms in total. The van der Waals surface area contributed by atoms with Crippen molar-refractivity contribution in [2.45, 2.75) is 57.5 Å². The van der Waals surface area contributed by atoms with Crippen molar-refractivity contribution in [3.8, 4) is 0 Å². The lowest BCUT2D eigenvalue weighted by molar-refractivity contribution is 0.268. The minimum Gasteiger partial charge on any atom is -0.329 e. The lowest BCUT2D eigenvalue weighted by Gasteiger charge is -2.32. The fourth-order valence-corrected chi connectivity index (χ4v) is 5.02. The maximum Gasteiger partial charge on any atom is 0.246 e. The molecule has 7 heteroatoms. The molecule has 0 radical (unpaired) electrons. The predicted molar refractivity (Wildman–Crippen MR) is 78.0 cm³/mol. The molecule has 2 heterocycles. The molecule has 1 aromatic heterocycles. The Hall–Kier alpha value is -0.920. The molecule has 1 saturated heterocycles. The van der Waals surface area contributed by atoms with Crippen molar-refractivity contribution in [3.05, 3.63) is 11.4 Å². The highest BCUT2D eigenvalue weighted by atomic mass is 32.2. The Morgan fingerprint density at radius 3 is 2.65 bits per heavy atom. The van der Waals surface area contributed by atoms with Crippen LogP contribution in [0.2, 0.25) is 0 Å². The molecule has 0 aromatic carbocycles. The molecule has 20 heavy (non-hydrogen) atoms. The summed E-state index contributed by atoms with van der Waals surface area (Å²) in [6, 6.07) is 0.0606. The first kappa shape index (κ1) is 15.5. The monoisotopic (exact) mass is 300 g/mol. The van der Waals surface area contributed by atoms with E-state index in [9.17, 15) is 8.42 Å². The van der Waals surface area contributed by atoms with Crippen LogP contribution in [0.25, 0.3) is 0 Å². The van der Waals surface area contributed by atoms with Gasteiger partial charge in [-0.25, -0.2) is 8.42 Å². The summed E-state index contributed by atoms with van der Waals surface area (Å²) in [5.74, 6) is 0. The molecule has 0 amide bonds. The summed E-state index contributed by atoms with van der Waals surface area (Å²) in [7, 11) is -3.46. The molecule has 1 aliphatic rings. The van der Waals surface area contributed by atoms with Crippen LogP contribution >= 0.6 is 0 Å². The van der Waals surface area contributed by atoms with Crippen LogP contribution in [0.3, 0.4) is 0 Å². The molecular weight excluding hydrogens is 276 g/mol. The minimum absolute atomic E-state index is 0.0606. The smallest absolute Gasteiger partial charge is 0.246 e. The normalized spacial score (nSPS) is 21.3. The predicted octanol–water partition coefficient (Wildman–Crippen LogP) is 1.02. The summed E-state index contributed by atoms with van der Waals surface area (Å²) in [6.45, 7) is 7.12. The Labute approximate surface area is 121 Å². The highest BCUT2D eigenvalue weighted by Gasteiger charge is 2.34. The van der Waals surface area contributed by atoms with Gasteiger partial charge in [-0.15, -0.1) is 0 Å². The highest BCUT2D eigenvalue weighted by Crippen LogP contribution is 2.28. The van der Waals surface area contributed by atoms with Gasteiger partial charge in [0.25, 0.3) is 0 Å². The maximum absolute atomic E-state index is 12.9. The Kier molecular flexibility index (Phi) is 4.51. The van der Waals surface area contributed by atoms with Crippen molar-refractivity contribution < 1.29 is 8.42 Å². The number of rotatable bonds is 4. The fourth-order valence-electron chi connectivity index (χ4n) is 2.94. The van der Waals surface area contributed by atoms with Crippen LogP contribution in [0.5, 0.6) is 0 Å². The average Bonchev–Trinajstić information content (AvgIpc) is 2.65. The number of sulfonamides is 1. The van der Waals surface area contributed by atoms with Gasteiger partial charge in [0.1, 0.15) is 4.90 Å². The van der Waals surface area contributed by atoms with Gasteiger partial charge in [-0.3, -0.25) is 4.68 Å². The second-order valence-corrected chi connectivity index (χ2v) is 7.30. The van der Waals surface area contributed by atoms with E-state index in [1.165, 1.54) is 0 Å². The molecule has 1 unspecified atom stereocenters. The SMILES string of the molecule is Cc1nn(CCN)c(C)c1S(=O)(=O)N1CCCCC1C. The Bertz CT molecular complexity index is 579. The molecule has 0 saturated carbocycles. The maximum atomic E-state index is 12.9. The van der Waals surface area contributed by atoms with E-state index in [1.807, 2.05) is 6.92 Å². The molecular formula is C13H24N4O2S. The summed E-state index contributed by atoms with van der Waals surface area (Å²) in [5.41, 5.74) is 6.79. The van der Waals surface area contributed by atoms with E-state index in [4.69, 9.17) is 5.73 Å². The second kappa shape index (κ2) is 5.83. The van der Waals surface area contributed by atoms with E-state index in [-0.39, 0.29) is 6.04 Å². The van der Waals surface area contributed by atoms with Gasteiger partial charge in [-0.2, -0.15) is 9.40 Å². The van der Waals surface area contributed by atoms with Crippen LogP contribution in [0, 0.1) is 13.8 Å². The van der Waals surface area contributed by atoms with Gasteiger partial charge < -0.3 is 5.73 Å². The topological polar surface area (TPSA) is 81.2 Å².